The Balaban J connectivity index is 2.07. The molecular formula is C18H26N2O6S2. The molecule has 156 valence electrons. The first-order valence-electron chi connectivity index (χ1n) is 9.10. The van der Waals surface area contributed by atoms with Crippen LogP contribution in [0.4, 0.5) is 5.69 Å². The van der Waals surface area contributed by atoms with Crippen molar-refractivity contribution in [3.05, 3.63) is 18.2 Å². The summed E-state index contributed by atoms with van der Waals surface area (Å²) in [6.45, 7) is 3.01. The third-order valence-electron chi connectivity index (χ3n) is 4.16. The number of ether oxygens (including phenoxy) is 2. The topological polar surface area (TPSA) is 102 Å². The minimum Gasteiger partial charge on any atom is -0.495 e. The van der Waals surface area contributed by atoms with Crippen LogP contribution in [-0.2, 0) is 24.3 Å². The highest BCUT2D eigenvalue weighted by Crippen LogP contribution is 2.30. The number of rotatable bonds is 9. The zero-order chi connectivity index (χ0) is 20.6. The Morgan fingerprint density at radius 3 is 2.54 bits per heavy atom. The number of methoxy groups -OCH3 is 1. The lowest BCUT2D eigenvalue weighted by atomic mass is 10.2. The number of thioether (sulfide) groups is 1. The van der Waals surface area contributed by atoms with E-state index < -0.39 is 10.0 Å². The summed E-state index contributed by atoms with van der Waals surface area (Å²) in [4.78, 5) is 23.6. The monoisotopic (exact) mass is 430 g/mol. The van der Waals surface area contributed by atoms with Gasteiger partial charge in [-0.2, -0.15) is 4.31 Å². The van der Waals surface area contributed by atoms with E-state index >= 15 is 0 Å². The van der Waals surface area contributed by atoms with Crippen LogP contribution in [0, 0.1) is 0 Å². The van der Waals surface area contributed by atoms with E-state index in [1.165, 1.54) is 29.6 Å². The van der Waals surface area contributed by atoms with Crippen molar-refractivity contribution >= 4 is 39.3 Å². The maximum absolute atomic E-state index is 12.9. The van der Waals surface area contributed by atoms with E-state index in [-0.39, 0.29) is 34.0 Å². The summed E-state index contributed by atoms with van der Waals surface area (Å²) in [7, 11) is -2.18. The zero-order valence-corrected chi connectivity index (χ0v) is 17.7. The van der Waals surface area contributed by atoms with E-state index in [4.69, 9.17) is 9.47 Å². The molecule has 1 saturated heterocycles. The number of hydrogen-bond donors (Lipinski definition) is 1. The molecule has 1 aromatic rings. The van der Waals surface area contributed by atoms with Crippen molar-refractivity contribution < 1.29 is 27.5 Å². The lowest BCUT2D eigenvalue weighted by Crippen LogP contribution is -2.35. The Kier molecular flexibility index (Phi) is 8.58. The molecule has 10 heteroatoms. The molecule has 2 rings (SSSR count). The third kappa shape index (κ3) is 6.11. The number of anilines is 1. The summed E-state index contributed by atoms with van der Waals surface area (Å²) >= 11 is 1.12. The van der Waals surface area contributed by atoms with Crippen LogP contribution < -0.4 is 10.1 Å². The van der Waals surface area contributed by atoms with Crippen molar-refractivity contribution in [3.8, 4) is 5.75 Å². The molecule has 1 amide bonds. The molecule has 1 aliphatic rings. The second-order valence-electron chi connectivity index (χ2n) is 6.17. The number of hydrogen-bond acceptors (Lipinski definition) is 7. The van der Waals surface area contributed by atoms with Crippen molar-refractivity contribution in [2.24, 2.45) is 0 Å². The van der Waals surface area contributed by atoms with Crippen molar-refractivity contribution in [1.29, 1.82) is 0 Å². The van der Waals surface area contributed by atoms with Crippen molar-refractivity contribution in [2.75, 3.05) is 43.6 Å². The van der Waals surface area contributed by atoms with Gasteiger partial charge in [-0.05, 0) is 38.0 Å². The predicted molar refractivity (Wildman–Crippen MR) is 108 cm³/mol. The minimum absolute atomic E-state index is 0.0328. The number of esters is 1. The maximum Gasteiger partial charge on any atom is 0.315 e. The Morgan fingerprint density at radius 1 is 1.18 bits per heavy atom. The molecule has 0 atom stereocenters. The van der Waals surface area contributed by atoms with Crippen LogP contribution >= 0.6 is 11.8 Å². The number of nitrogens with one attached hydrogen (secondary N) is 1. The smallest absolute Gasteiger partial charge is 0.315 e. The molecule has 1 aliphatic heterocycles. The first-order valence-corrected chi connectivity index (χ1v) is 11.7. The van der Waals surface area contributed by atoms with E-state index in [0.717, 1.165) is 31.0 Å². The van der Waals surface area contributed by atoms with Crippen LogP contribution in [0.3, 0.4) is 0 Å². The van der Waals surface area contributed by atoms with Crippen molar-refractivity contribution in [1.82, 2.24) is 4.31 Å². The number of carbonyl (C=O) groups excluding carboxylic acids is 2. The van der Waals surface area contributed by atoms with E-state index in [0.29, 0.717) is 25.4 Å². The van der Waals surface area contributed by atoms with Gasteiger partial charge in [-0.1, -0.05) is 6.42 Å². The van der Waals surface area contributed by atoms with Gasteiger partial charge in [-0.25, -0.2) is 8.42 Å². The average Bonchev–Trinajstić information content (AvgIpc) is 2.68. The number of nitrogens with zero attached hydrogens (tertiary/aromatic N) is 1. The molecule has 1 heterocycles. The third-order valence-corrected chi connectivity index (χ3v) is 6.96. The second-order valence-corrected chi connectivity index (χ2v) is 9.10. The number of benzene rings is 1. The van der Waals surface area contributed by atoms with Gasteiger partial charge < -0.3 is 14.8 Å². The van der Waals surface area contributed by atoms with E-state index in [2.05, 4.69) is 5.32 Å². The first-order chi connectivity index (χ1) is 13.4. The van der Waals surface area contributed by atoms with Crippen molar-refractivity contribution in [2.45, 2.75) is 31.1 Å². The molecule has 0 spiro atoms. The van der Waals surface area contributed by atoms with Crippen LogP contribution in [0.2, 0.25) is 0 Å². The van der Waals surface area contributed by atoms with Crippen LogP contribution in [0.1, 0.15) is 26.2 Å². The normalized spacial score (nSPS) is 15.1. The van der Waals surface area contributed by atoms with Crippen LogP contribution in [0.25, 0.3) is 0 Å². The van der Waals surface area contributed by atoms with Gasteiger partial charge in [0.1, 0.15) is 5.75 Å². The molecule has 0 saturated carbocycles. The summed E-state index contributed by atoms with van der Waals surface area (Å²) in [5.74, 6) is -0.277. The maximum atomic E-state index is 12.9. The summed E-state index contributed by atoms with van der Waals surface area (Å²) < 4.78 is 37.2. The van der Waals surface area contributed by atoms with Crippen LogP contribution in [0.15, 0.2) is 23.1 Å². The summed E-state index contributed by atoms with van der Waals surface area (Å²) in [6, 6.07) is 4.42. The van der Waals surface area contributed by atoms with E-state index in [1.54, 1.807) is 6.92 Å². The molecule has 28 heavy (non-hydrogen) atoms. The number of piperidine rings is 1. The lowest BCUT2D eigenvalue weighted by molar-refractivity contribution is -0.139. The highest BCUT2D eigenvalue weighted by atomic mass is 32.2. The highest BCUT2D eigenvalue weighted by Gasteiger charge is 2.27. The van der Waals surface area contributed by atoms with Crippen LogP contribution in [0.5, 0.6) is 5.75 Å². The fourth-order valence-electron chi connectivity index (χ4n) is 2.82. The standard InChI is InChI=1S/C18H26N2O6S2/c1-3-26-18(22)13-27-12-17(21)19-15-11-14(7-8-16(15)25-2)28(23,24)20-9-5-4-6-10-20/h7-8,11H,3-6,9-10,12-13H2,1-2H3,(H,19,21). The number of sulfonamides is 1. The molecule has 0 unspecified atom stereocenters. The van der Waals surface area contributed by atoms with Crippen LogP contribution in [-0.4, -0.2) is 62.9 Å². The van der Waals surface area contributed by atoms with Gasteiger partial charge in [0.15, 0.2) is 0 Å². The summed E-state index contributed by atoms with van der Waals surface area (Å²) in [5.41, 5.74) is 0.280. The Morgan fingerprint density at radius 2 is 1.89 bits per heavy atom. The van der Waals surface area contributed by atoms with Gasteiger partial charge in [0.25, 0.3) is 0 Å². The molecule has 0 radical (unpaired) electrons. The Hall–Kier alpha value is -1.78. The molecule has 0 aromatic heterocycles. The Bertz CT molecular complexity index is 791. The SMILES string of the molecule is CCOC(=O)CSCC(=O)Nc1cc(S(=O)(=O)N2CCCCC2)ccc1OC. The van der Waals surface area contributed by atoms with Gasteiger partial charge in [0.2, 0.25) is 15.9 Å². The fourth-order valence-corrected chi connectivity index (χ4v) is 4.97. The molecule has 8 nitrogen and oxygen atoms in total. The summed E-state index contributed by atoms with van der Waals surface area (Å²) in [6.07, 6.45) is 2.72. The second kappa shape index (κ2) is 10.7. The Labute approximate surface area is 170 Å². The zero-order valence-electron chi connectivity index (χ0n) is 16.1. The van der Waals surface area contributed by atoms with Crippen molar-refractivity contribution in [3.63, 3.8) is 0 Å². The molecule has 1 aromatic carbocycles. The molecular weight excluding hydrogens is 404 g/mol. The van der Waals surface area contributed by atoms with Gasteiger partial charge in [-0.15, -0.1) is 11.8 Å². The quantitative estimate of drug-likeness (QED) is 0.599. The largest absolute Gasteiger partial charge is 0.495 e. The molecule has 1 fully saturated rings. The highest BCUT2D eigenvalue weighted by molar-refractivity contribution is 8.00. The minimum atomic E-state index is -3.62. The molecule has 0 aliphatic carbocycles. The van der Waals surface area contributed by atoms with Gasteiger partial charge in [0, 0.05) is 13.1 Å². The van der Waals surface area contributed by atoms with E-state index in [9.17, 15) is 18.0 Å². The van der Waals surface area contributed by atoms with Gasteiger partial charge >= 0.3 is 5.97 Å². The first kappa shape index (κ1) is 22.5. The fraction of sp³-hybridized carbons (Fsp3) is 0.556. The molecule has 1 N–H and O–H groups in total. The molecule has 0 bridgehead atoms. The van der Waals surface area contributed by atoms with E-state index in [1.807, 2.05) is 0 Å². The lowest BCUT2D eigenvalue weighted by Gasteiger charge is -2.26. The number of amides is 1. The van der Waals surface area contributed by atoms with Gasteiger partial charge in [0.05, 0.1) is 35.8 Å². The average molecular weight is 431 g/mol. The predicted octanol–water partition coefficient (Wildman–Crippen LogP) is 2.10. The van der Waals surface area contributed by atoms with Gasteiger partial charge in [-0.3, -0.25) is 9.59 Å². The summed E-state index contributed by atoms with van der Waals surface area (Å²) in [5, 5.41) is 2.66. The number of carbonyl (C=O) groups is 2.